The summed E-state index contributed by atoms with van der Waals surface area (Å²) >= 11 is 0. The fraction of sp³-hybridized carbons (Fsp3) is 0.273. The predicted octanol–water partition coefficient (Wildman–Crippen LogP) is 4.73. The molecule has 1 N–H and O–H groups in total. The maximum atomic E-state index is 12.4. The van der Waals surface area contributed by atoms with Gasteiger partial charge < -0.3 is 14.8 Å². The Hall–Kier alpha value is -3.26. The molecule has 0 heterocycles. The van der Waals surface area contributed by atoms with E-state index in [9.17, 15) is 10.1 Å². The van der Waals surface area contributed by atoms with E-state index in [1.54, 1.807) is 24.3 Å². The summed E-state index contributed by atoms with van der Waals surface area (Å²) in [6.45, 7) is 6.95. The number of benzene rings is 2. The van der Waals surface area contributed by atoms with Crippen LogP contribution in [0.1, 0.15) is 31.4 Å². The van der Waals surface area contributed by atoms with E-state index in [-0.39, 0.29) is 5.57 Å². The van der Waals surface area contributed by atoms with Crippen molar-refractivity contribution in [2.45, 2.75) is 27.2 Å². The molecule has 5 heteroatoms. The molecule has 1 amide bonds. The van der Waals surface area contributed by atoms with Crippen molar-refractivity contribution < 1.29 is 14.3 Å². The number of amides is 1. The average molecular weight is 364 g/mol. The minimum atomic E-state index is -0.452. The summed E-state index contributed by atoms with van der Waals surface area (Å²) in [4.78, 5) is 12.4. The van der Waals surface area contributed by atoms with E-state index in [4.69, 9.17) is 9.47 Å². The largest absolute Gasteiger partial charge is 0.490 e. The van der Waals surface area contributed by atoms with Gasteiger partial charge in [-0.1, -0.05) is 25.1 Å². The first-order chi connectivity index (χ1) is 13.1. The van der Waals surface area contributed by atoms with Gasteiger partial charge in [0.25, 0.3) is 5.91 Å². The third kappa shape index (κ3) is 5.89. The lowest BCUT2D eigenvalue weighted by Crippen LogP contribution is -2.13. The van der Waals surface area contributed by atoms with Gasteiger partial charge in [-0.2, -0.15) is 5.26 Å². The van der Waals surface area contributed by atoms with Gasteiger partial charge in [-0.05, 0) is 61.7 Å². The molecule has 0 saturated carbocycles. The lowest BCUT2D eigenvalue weighted by Gasteiger charge is -2.12. The topological polar surface area (TPSA) is 71.3 Å². The van der Waals surface area contributed by atoms with Crippen molar-refractivity contribution in [2.75, 3.05) is 18.5 Å². The molecular weight excluding hydrogens is 340 g/mol. The Kier molecular flexibility index (Phi) is 7.45. The normalized spacial score (nSPS) is 10.8. The van der Waals surface area contributed by atoms with Gasteiger partial charge in [0.2, 0.25) is 0 Å². The molecule has 0 aliphatic heterocycles. The average Bonchev–Trinajstić information content (AvgIpc) is 2.65. The van der Waals surface area contributed by atoms with E-state index in [1.165, 1.54) is 6.08 Å². The first-order valence-electron chi connectivity index (χ1n) is 8.96. The molecular formula is C22H24N2O3. The van der Waals surface area contributed by atoms with Crippen molar-refractivity contribution >= 4 is 17.7 Å². The predicted molar refractivity (Wildman–Crippen MR) is 107 cm³/mol. The van der Waals surface area contributed by atoms with Gasteiger partial charge in [0, 0.05) is 5.69 Å². The highest BCUT2D eigenvalue weighted by Gasteiger charge is 2.11. The van der Waals surface area contributed by atoms with Gasteiger partial charge in [0.15, 0.2) is 11.5 Å². The Balaban J connectivity index is 2.24. The van der Waals surface area contributed by atoms with Crippen molar-refractivity contribution in [1.82, 2.24) is 0 Å². The Bertz CT molecular complexity index is 866. The minimum absolute atomic E-state index is 0.0150. The maximum absolute atomic E-state index is 12.4. The number of anilines is 1. The Morgan fingerprint density at radius 3 is 2.63 bits per heavy atom. The lowest BCUT2D eigenvalue weighted by molar-refractivity contribution is -0.112. The fourth-order valence-corrected chi connectivity index (χ4v) is 2.45. The molecule has 27 heavy (non-hydrogen) atoms. The Morgan fingerprint density at radius 1 is 1.15 bits per heavy atom. The molecule has 0 radical (unpaired) electrons. The van der Waals surface area contributed by atoms with Gasteiger partial charge in [0.05, 0.1) is 13.2 Å². The van der Waals surface area contributed by atoms with Crippen molar-refractivity contribution in [3.05, 3.63) is 59.2 Å². The molecule has 0 bridgehead atoms. The number of carbonyl (C=O) groups excluding carboxylic acids is 1. The molecule has 0 aromatic heterocycles. The highest BCUT2D eigenvalue weighted by atomic mass is 16.5. The van der Waals surface area contributed by atoms with Crippen LogP contribution in [-0.4, -0.2) is 19.1 Å². The zero-order chi connectivity index (χ0) is 19.6. The van der Waals surface area contributed by atoms with Gasteiger partial charge in [-0.15, -0.1) is 0 Å². The van der Waals surface area contributed by atoms with Crippen molar-refractivity contribution in [3.63, 3.8) is 0 Å². The van der Waals surface area contributed by atoms with E-state index in [2.05, 4.69) is 5.32 Å². The van der Waals surface area contributed by atoms with Crippen LogP contribution in [0.2, 0.25) is 0 Å². The van der Waals surface area contributed by atoms with Crippen LogP contribution in [0.25, 0.3) is 6.08 Å². The molecule has 0 saturated heterocycles. The van der Waals surface area contributed by atoms with E-state index >= 15 is 0 Å². The van der Waals surface area contributed by atoms with Crippen LogP contribution in [-0.2, 0) is 4.79 Å². The number of hydrogen-bond donors (Lipinski definition) is 1. The van der Waals surface area contributed by atoms with Crippen LogP contribution in [0, 0.1) is 18.3 Å². The second-order valence-corrected chi connectivity index (χ2v) is 5.98. The highest BCUT2D eigenvalue weighted by molar-refractivity contribution is 6.09. The second kappa shape index (κ2) is 10.0. The fourth-order valence-electron chi connectivity index (χ4n) is 2.45. The molecule has 0 aliphatic carbocycles. The molecule has 0 atom stereocenters. The monoisotopic (exact) mass is 364 g/mol. The number of nitriles is 1. The molecule has 0 spiro atoms. The summed E-state index contributed by atoms with van der Waals surface area (Å²) in [5.41, 5.74) is 2.39. The summed E-state index contributed by atoms with van der Waals surface area (Å²) in [5, 5.41) is 12.1. The van der Waals surface area contributed by atoms with E-state index in [1.807, 2.05) is 45.0 Å². The van der Waals surface area contributed by atoms with Crippen LogP contribution < -0.4 is 14.8 Å². The Labute approximate surface area is 160 Å². The lowest BCUT2D eigenvalue weighted by atomic mass is 10.1. The second-order valence-electron chi connectivity index (χ2n) is 5.98. The molecule has 140 valence electrons. The summed E-state index contributed by atoms with van der Waals surface area (Å²) in [6.07, 6.45) is 2.43. The number of rotatable bonds is 8. The molecule has 2 aromatic rings. The molecule has 0 unspecified atom stereocenters. The standard InChI is InChI=1S/C22H24N2O3/c1-4-11-27-20-10-9-17(14-21(20)26-5-2)13-18(15-23)22(25)24-19-8-6-7-16(3)12-19/h6-10,12-14H,4-5,11H2,1-3H3,(H,24,25). The number of hydrogen-bond acceptors (Lipinski definition) is 4. The summed E-state index contributed by atoms with van der Waals surface area (Å²) < 4.78 is 11.3. The highest BCUT2D eigenvalue weighted by Crippen LogP contribution is 2.29. The van der Waals surface area contributed by atoms with E-state index in [0.717, 1.165) is 12.0 Å². The number of carbonyl (C=O) groups is 1. The van der Waals surface area contributed by atoms with Gasteiger partial charge >= 0.3 is 0 Å². The van der Waals surface area contributed by atoms with Gasteiger partial charge in [-0.3, -0.25) is 4.79 Å². The van der Waals surface area contributed by atoms with Gasteiger partial charge in [-0.25, -0.2) is 0 Å². The third-order valence-corrected chi connectivity index (χ3v) is 3.68. The molecule has 5 nitrogen and oxygen atoms in total. The smallest absolute Gasteiger partial charge is 0.266 e. The van der Waals surface area contributed by atoms with Crippen LogP contribution >= 0.6 is 0 Å². The van der Waals surface area contributed by atoms with E-state index < -0.39 is 5.91 Å². The molecule has 0 fully saturated rings. The van der Waals surface area contributed by atoms with Gasteiger partial charge in [0.1, 0.15) is 11.6 Å². The first-order valence-corrected chi connectivity index (χ1v) is 8.96. The zero-order valence-corrected chi connectivity index (χ0v) is 15.9. The van der Waals surface area contributed by atoms with Crippen LogP contribution in [0.5, 0.6) is 11.5 Å². The van der Waals surface area contributed by atoms with Crippen molar-refractivity contribution in [1.29, 1.82) is 5.26 Å². The van der Waals surface area contributed by atoms with Crippen LogP contribution in [0.4, 0.5) is 5.69 Å². The number of aryl methyl sites for hydroxylation is 1. The Morgan fingerprint density at radius 2 is 1.96 bits per heavy atom. The molecule has 2 rings (SSSR count). The van der Waals surface area contributed by atoms with Crippen molar-refractivity contribution in [3.8, 4) is 17.6 Å². The van der Waals surface area contributed by atoms with E-state index in [0.29, 0.717) is 36.0 Å². The number of nitrogens with zero attached hydrogens (tertiary/aromatic N) is 1. The summed E-state index contributed by atoms with van der Waals surface area (Å²) in [7, 11) is 0. The number of ether oxygens (including phenoxy) is 2. The number of nitrogens with one attached hydrogen (secondary N) is 1. The minimum Gasteiger partial charge on any atom is -0.490 e. The molecule has 2 aromatic carbocycles. The molecule has 0 aliphatic rings. The quantitative estimate of drug-likeness (QED) is 0.543. The van der Waals surface area contributed by atoms with Crippen molar-refractivity contribution in [2.24, 2.45) is 0 Å². The van der Waals surface area contributed by atoms with Crippen LogP contribution in [0.3, 0.4) is 0 Å². The first kappa shape index (κ1) is 20.1. The third-order valence-electron chi connectivity index (χ3n) is 3.68. The zero-order valence-electron chi connectivity index (χ0n) is 15.9. The SMILES string of the molecule is CCCOc1ccc(C=C(C#N)C(=O)Nc2cccc(C)c2)cc1OCC. The summed E-state index contributed by atoms with van der Waals surface area (Å²) in [5.74, 6) is 0.794. The maximum Gasteiger partial charge on any atom is 0.266 e. The summed E-state index contributed by atoms with van der Waals surface area (Å²) in [6, 6.07) is 14.7. The van der Waals surface area contributed by atoms with Crippen LogP contribution in [0.15, 0.2) is 48.0 Å².